The molecule has 0 heterocycles. The monoisotopic (exact) mass is 479 g/mol. The third-order valence-electron chi connectivity index (χ3n) is 6.00. The number of hydrogen-bond donors (Lipinski definition) is 0. The van der Waals surface area contributed by atoms with E-state index in [9.17, 15) is 14.0 Å². The van der Waals surface area contributed by atoms with E-state index in [0.717, 1.165) is 17.7 Å². The van der Waals surface area contributed by atoms with Crippen molar-refractivity contribution >= 4 is 30.0 Å². The molecule has 0 aromatic heterocycles. The van der Waals surface area contributed by atoms with Crippen molar-refractivity contribution in [1.82, 2.24) is 0 Å². The molecule has 1 saturated carbocycles. The topological polar surface area (TPSA) is 65.1 Å². The minimum Gasteiger partial charge on any atom is -0.489 e. The molecular formula is C25H31ClFNO5. The predicted molar refractivity (Wildman–Crippen MR) is 127 cm³/mol. The van der Waals surface area contributed by atoms with E-state index in [1.54, 1.807) is 30.3 Å². The van der Waals surface area contributed by atoms with Gasteiger partial charge in [-0.1, -0.05) is 12.1 Å². The maximum absolute atomic E-state index is 13.6. The van der Waals surface area contributed by atoms with Gasteiger partial charge in [-0.25, -0.2) is 9.18 Å². The first-order valence-corrected chi connectivity index (χ1v) is 10.7. The summed E-state index contributed by atoms with van der Waals surface area (Å²) in [6, 6.07) is 11.3. The molecule has 0 N–H and O–H groups in total. The Morgan fingerprint density at radius 3 is 2.27 bits per heavy atom. The molecular weight excluding hydrogens is 449 g/mol. The molecule has 3 rings (SSSR count). The molecule has 180 valence electrons. The van der Waals surface area contributed by atoms with Crippen LogP contribution in [-0.2, 0) is 14.3 Å². The van der Waals surface area contributed by atoms with Crippen molar-refractivity contribution in [2.24, 2.45) is 5.92 Å². The SMILES string of the molecule is COC(=O)c1ccc(OC(C)C)c(N(C)[C@H]2CC[C@H](C(=O)OC)[C@H]2c2ccc(F)cc2)c1.Cl. The molecule has 8 heteroatoms. The fourth-order valence-corrected chi connectivity index (χ4v) is 4.54. The molecule has 2 aromatic carbocycles. The molecule has 0 spiro atoms. The largest absolute Gasteiger partial charge is 0.489 e. The maximum atomic E-state index is 13.6. The number of anilines is 1. The fourth-order valence-electron chi connectivity index (χ4n) is 4.54. The Morgan fingerprint density at radius 2 is 1.70 bits per heavy atom. The average Bonchev–Trinajstić information content (AvgIpc) is 3.23. The smallest absolute Gasteiger partial charge is 0.337 e. The molecule has 3 atom stereocenters. The summed E-state index contributed by atoms with van der Waals surface area (Å²) < 4.78 is 29.5. The van der Waals surface area contributed by atoms with E-state index in [1.807, 2.05) is 25.8 Å². The number of rotatable bonds is 7. The summed E-state index contributed by atoms with van der Waals surface area (Å²) in [7, 11) is 4.65. The minimum absolute atomic E-state index is 0. The van der Waals surface area contributed by atoms with Gasteiger partial charge >= 0.3 is 11.9 Å². The summed E-state index contributed by atoms with van der Waals surface area (Å²) in [4.78, 5) is 26.8. The number of esters is 2. The number of benzene rings is 2. The summed E-state index contributed by atoms with van der Waals surface area (Å²) in [6.07, 6.45) is 1.30. The van der Waals surface area contributed by atoms with Gasteiger partial charge in [-0.3, -0.25) is 4.79 Å². The van der Waals surface area contributed by atoms with Gasteiger partial charge in [0.1, 0.15) is 11.6 Å². The third kappa shape index (κ3) is 5.77. The summed E-state index contributed by atoms with van der Waals surface area (Å²) >= 11 is 0. The van der Waals surface area contributed by atoms with Crippen molar-refractivity contribution in [3.63, 3.8) is 0 Å². The van der Waals surface area contributed by atoms with Crippen molar-refractivity contribution in [1.29, 1.82) is 0 Å². The van der Waals surface area contributed by atoms with Crippen molar-refractivity contribution < 1.29 is 28.2 Å². The lowest BCUT2D eigenvalue weighted by Crippen LogP contribution is -2.37. The van der Waals surface area contributed by atoms with Gasteiger partial charge in [-0.15, -0.1) is 12.4 Å². The van der Waals surface area contributed by atoms with Gasteiger partial charge < -0.3 is 19.1 Å². The van der Waals surface area contributed by atoms with Crippen LogP contribution in [0.1, 0.15) is 48.5 Å². The molecule has 6 nitrogen and oxygen atoms in total. The zero-order chi connectivity index (χ0) is 23.4. The zero-order valence-electron chi connectivity index (χ0n) is 19.5. The van der Waals surface area contributed by atoms with Gasteiger partial charge in [0.25, 0.3) is 0 Å². The van der Waals surface area contributed by atoms with Crippen molar-refractivity contribution in [3.05, 3.63) is 59.4 Å². The Labute approximate surface area is 200 Å². The summed E-state index contributed by atoms with van der Waals surface area (Å²) in [5.74, 6) is -0.973. The highest BCUT2D eigenvalue weighted by atomic mass is 35.5. The first-order valence-electron chi connectivity index (χ1n) is 10.7. The summed E-state index contributed by atoms with van der Waals surface area (Å²) in [5, 5.41) is 0. The molecule has 0 aliphatic heterocycles. The van der Waals surface area contributed by atoms with Gasteiger partial charge in [-0.2, -0.15) is 0 Å². The van der Waals surface area contributed by atoms with Crippen molar-refractivity contribution in [3.8, 4) is 5.75 Å². The minimum atomic E-state index is -0.440. The van der Waals surface area contributed by atoms with Crippen molar-refractivity contribution in [2.75, 3.05) is 26.2 Å². The molecule has 2 aromatic rings. The number of halogens is 2. The highest BCUT2D eigenvalue weighted by molar-refractivity contribution is 5.91. The zero-order valence-corrected chi connectivity index (χ0v) is 20.4. The van der Waals surface area contributed by atoms with Crippen LogP contribution in [0.15, 0.2) is 42.5 Å². The van der Waals surface area contributed by atoms with E-state index >= 15 is 0 Å². The van der Waals surface area contributed by atoms with Crippen LogP contribution in [0.5, 0.6) is 5.75 Å². The highest BCUT2D eigenvalue weighted by Crippen LogP contribution is 2.45. The van der Waals surface area contributed by atoms with Gasteiger partial charge in [0.05, 0.1) is 37.5 Å². The molecule has 1 aliphatic rings. The van der Waals surface area contributed by atoms with Crippen LogP contribution in [0.3, 0.4) is 0 Å². The molecule has 0 saturated heterocycles. The van der Waals surface area contributed by atoms with Crippen LogP contribution in [0.2, 0.25) is 0 Å². The first kappa shape index (κ1) is 26.5. The Hall–Kier alpha value is -2.80. The Balaban J connectivity index is 0.00000385. The van der Waals surface area contributed by atoms with E-state index < -0.39 is 5.97 Å². The average molecular weight is 480 g/mol. The molecule has 0 unspecified atom stereocenters. The van der Waals surface area contributed by atoms with Gasteiger partial charge in [0.15, 0.2) is 0 Å². The lowest BCUT2D eigenvalue weighted by atomic mass is 9.85. The normalized spacial score (nSPS) is 19.5. The maximum Gasteiger partial charge on any atom is 0.337 e. The number of carbonyl (C=O) groups excluding carboxylic acids is 2. The Morgan fingerprint density at radius 1 is 1.03 bits per heavy atom. The van der Waals surface area contributed by atoms with E-state index in [2.05, 4.69) is 0 Å². The van der Waals surface area contributed by atoms with Crippen LogP contribution in [0.25, 0.3) is 0 Å². The van der Waals surface area contributed by atoms with Crippen LogP contribution in [-0.4, -0.2) is 45.4 Å². The Bertz CT molecular complexity index is 966. The second-order valence-corrected chi connectivity index (χ2v) is 8.30. The van der Waals surface area contributed by atoms with E-state index in [-0.39, 0.29) is 48.2 Å². The number of ether oxygens (including phenoxy) is 3. The molecule has 0 amide bonds. The number of methoxy groups -OCH3 is 2. The van der Waals surface area contributed by atoms with E-state index in [1.165, 1.54) is 26.4 Å². The number of nitrogens with zero attached hydrogens (tertiary/aromatic N) is 1. The third-order valence-corrected chi connectivity index (χ3v) is 6.00. The lowest BCUT2D eigenvalue weighted by Gasteiger charge is -2.34. The summed E-state index contributed by atoms with van der Waals surface area (Å²) in [5.41, 5.74) is 2.00. The predicted octanol–water partition coefficient (Wildman–Crippen LogP) is 4.99. The Kier molecular flexibility index (Phi) is 9.11. The molecule has 0 bridgehead atoms. The van der Waals surface area contributed by atoms with E-state index in [4.69, 9.17) is 14.2 Å². The van der Waals surface area contributed by atoms with Crippen LogP contribution in [0, 0.1) is 11.7 Å². The van der Waals surface area contributed by atoms with Crippen LogP contribution < -0.4 is 9.64 Å². The number of hydrogen-bond acceptors (Lipinski definition) is 6. The van der Waals surface area contributed by atoms with Crippen LogP contribution in [0.4, 0.5) is 10.1 Å². The molecule has 0 radical (unpaired) electrons. The summed E-state index contributed by atoms with van der Waals surface area (Å²) in [6.45, 7) is 3.87. The van der Waals surface area contributed by atoms with E-state index in [0.29, 0.717) is 17.7 Å². The van der Waals surface area contributed by atoms with Gasteiger partial charge in [0, 0.05) is 19.0 Å². The molecule has 33 heavy (non-hydrogen) atoms. The second-order valence-electron chi connectivity index (χ2n) is 8.30. The standard InChI is InChI=1S/C25H30FNO5.ClH/c1-15(2)32-22-13-8-17(24(28)30-4)14-21(22)27(3)20-12-11-19(25(29)31-5)23(20)16-6-9-18(26)10-7-16;/h6-10,13-15,19-20,23H,11-12H2,1-5H3;1H/t19-,20-,23+;/m0./s1. The quantitative estimate of drug-likeness (QED) is 0.521. The van der Waals surface area contributed by atoms with Crippen molar-refractivity contribution in [2.45, 2.75) is 44.8 Å². The lowest BCUT2D eigenvalue weighted by molar-refractivity contribution is -0.145. The van der Waals surface area contributed by atoms with Gasteiger partial charge in [-0.05, 0) is 62.6 Å². The first-order chi connectivity index (χ1) is 15.3. The highest BCUT2D eigenvalue weighted by Gasteiger charge is 2.44. The second kappa shape index (κ2) is 11.4. The fraction of sp³-hybridized carbons (Fsp3) is 0.440. The molecule has 1 aliphatic carbocycles. The van der Waals surface area contributed by atoms with Crippen LogP contribution >= 0.6 is 12.4 Å². The molecule has 1 fully saturated rings. The number of carbonyl (C=O) groups is 2. The van der Waals surface area contributed by atoms with Gasteiger partial charge in [0.2, 0.25) is 0 Å². The number of likely N-dealkylation sites (N-methyl/N-ethyl adjacent to an activating group) is 1.